The molecule has 0 saturated carbocycles. The number of hydrogen-bond donors (Lipinski definition) is 0. The molecule has 23 heavy (non-hydrogen) atoms. The first-order valence-electron chi connectivity index (χ1n) is 7.97. The fourth-order valence-corrected chi connectivity index (χ4v) is 4.09. The summed E-state index contributed by atoms with van der Waals surface area (Å²) in [6.45, 7) is 9.94. The summed E-state index contributed by atoms with van der Waals surface area (Å²) in [7, 11) is -3.26. The maximum atomic E-state index is 13.2. The topological polar surface area (TPSA) is 35.5 Å². The van der Waals surface area contributed by atoms with Crippen LogP contribution in [0.3, 0.4) is 0 Å². The second-order valence-corrected chi connectivity index (χ2v) is 7.95. The lowest BCUT2D eigenvalue weighted by molar-refractivity contribution is 0.383. The summed E-state index contributed by atoms with van der Waals surface area (Å²) in [6, 6.07) is 11.5. The molecule has 4 heteroatoms. The van der Waals surface area contributed by atoms with Crippen LogP contribution in [0.4, 0.5) is 0 Å². The van der Waals surface area contributed by atoms with Crippen LogP contribution in [0.2, 0.25) is 0 Å². The zero-order chi connectivity index (χ0) is 17.0. The van der Waals surface area contributed by atoms with E-state index in [2.05, 4.69) is 0 Å². The Morgan fingerprint density at radius 1 is 0.826 bits per heavy atom. The molecule has 0 heterocycles. The summed E-state index contributed by atoms with van der Waals surface area (Å²) in [6.07, 6.45) is 1.11. The largest absolute Gasteiger partial charge is 0.430 e. The molecule has 0 spiro atoms. The van der Waals surface area contributed by atoms with Crippen molar-refractivity contribution in [2.24, 2.45) is 0 Å². The van der Waals surface area contributed by atoms with Crippen LogP contribution in [-0.4, -0.2) is 6.16 Å². The van der Waals surface area contributed by atoms with Crippen LogP contribution in [-0.2, 0) is 4.57 Å². The molecule has 0 amide bonds. The van der Waals surface area contributed by atoms with Crippen molar-refractivity contribution in [1.82, 2.24) is 0 Å². The first-order valence-corrected chi connectivity index (χ1v) is 9.70. The molecule has 0 aliphatic rings. The third-order valence-corrected chi connectivity index (χ3v) is 6.03. The molecule has 0 atom stereocenters. The molecule has 3 nitrogen and oxygen atoms in total. The summed E-state index contributed by atoms with van der Waals surface area (Å²) in [5.41, 5.74) is 4.20. The summed E-state index contributed by atoms with van der Waals surface area (Å²) in [5.74, 6) is 1.26. The molecule has 0 N–H and O–H groups in total. The van der Waals surface area contributed by atoms with E-state index in [4.69, 9.17) is 9.05 Å². The minimum Gasteiger partial charge on any atom is -0.416 e. The Labute approximate surface area is 139 Å². The van der Waals surface area contributed by atoms with Gasteiger partial charge in [0, 0.05) is 0 Å². The Kier molecular flexibility index (Phi) is 5.54. The molecule has 0 fully saturated rings. The van der Waals surface area contributed by atoms with E-state index in [9.17, 15) is 4.57 Å². The Morgan fingerprint density at radius 3 is 1.65 bits per heavy atom. The molecule has 0 bridgehead atoms. The van der Waals surface area contributed by atoms with Gasteiger partial charge in [0.25, 0.3) is 0 Å². The molecule has 2 aromatic carbocycles. The quantitative estimate of drug-likeness (QED) is 0.610. The Balaban J connectivity index is 2.34. The SMILES string of the molecule is CCCP(=O)(Oc1cccc(C)c1C)Oc1cccc(C)c1C. The second-order valence-electron chi connectivity index (χ2n) is 5.91. The summed E-state index contributed by atoms with van der Waals surface area (Å²) < 4.78 is 25.0. The van der Waals surface area contributed by atoms with E-state index in [0.29, 0.717) is 17.7 Å². The predicted octanol–water partition coefficient (Wildman–Crippen LogP) is 5.98. The maximum absolute atomic E-state index is 13.2. The summed E-state index contributed by atoms with van der Waals surface area (Å²) in [4.78, 5) is 0. The average Bonchev–Trinajstić information content (AvgIpc) is 2.49. The zero-order valence-electron chi connectivity index (χ0n) is 14.6. The predicted molar refractivity (Wildman–Crippen MR) is 95.9 cm³/mol. The monoisotopic (exact) mass is 332 g/mol. The van der Waals surface area contributed by atoms with Crippen LogP contribution in [0, 0.1) is 27.7 Å². The highest BCUT2D eigenvalue weighted by atomic mass is 31.2. The van der Waals surface area contributed by atoms with E-state index in [1.165, 1.54) is 0 Å². The van der Waals surface area contributed by atoms with E-state index in [0.717, 1.165) is 28.7 Å². The third-order valence-electron chi connectivity index (χ3n) is 4.08. The molecule has 2 rings (SSSR count). The molecular formula is C19H25O3P. The van der Waals surface area contributed by atoms with Gasteiger partial charge in [-0.2, -0.15) is 0 Å². The average molecular weight is 332 g/mol. The first kappa shape index (κ1) is 17.6. The first-order chi connectivity index (χ1) is 10.9. The van der Waals surface area contributed by atoms with Gasteiger partial charge in [0.1, 0.15) is 11.5 Å². The minimum absolute atomic E-state index is 0.383. The van der Waals surface area contributed by atoms with E-state index >= 15 is 0 Å². The third kappa shape index (κ3) is 4.17. The molecule has 0 unspecified atom stereocenters. The van der Waals surface area contributed by atoms with E-state index in [1.54, 1.807) is 0 Å². The van der Waals surface area contributed by atoms with Crippen molar-refractivity contribution in [3.8, 4) is 11.5 Å². The molecule has 0 radical (unpaired) electrons. The standard InChI is InChI=1S/C19H25O3P/c1-6-13-23(20,21-18-11-7-9-14(2)16(18)4)22-19-12-8-10-15(3)17(19)5/h7-12H,6,13H2,1-5H3. The van der Waals surface area contributed by atoms with Gasteiger partial charge >= 0.3 is 7.60 Å². The highest BCUT2D eigenvalue weighted by Gasteiger charge is 2.28. The van der Waals surface area contributed by atoms with Gasteiger partial charge in [-0.25, -0.2) is 4.57 Å². The van der Waals surface area contributed by atoms with Crippen LogP contribution >= 0.6 is 7.60 Å². The molecular weight excluding hydrogens is 307 g/mol. The summed E-state index contributed by atoms with van der Waals surface area (Å²) >= 11 is 0. The van der Waals surface area contributed by atoms with Crippen molar-refractivity contribution in [3.63, 3.8) is 0 Å². The molecule has 0 aliphatic carbocycles. The van der Waals surface area contributed by atoms with E-state index in [1.807, 2.05) is 71.0 Å². The summed E-state index contributed by atoms with van der Waals surface area (Å²) in [5, 5.41) is 0. The van der Waals surface area contributed by atoms with Gasteiger partial charge in [-0.1, -0.05) is 31.2 Å². The second kappa shape index (κ2) is 7.23. The van der Waals surface area contributed by atoms with Gasteiger partial charge in [-0.05, 0) is 68.5 Å². The van der Waals surface area contributed by atoms with Crippen molar-refractivity contribution >= 4 is 7.60 Å². The van der Waals surface area contributed by atoms with Crippen molar-refractivity contribution in [1.29, 1.82) is 0 Å². The maximum Gasteiger partial charge on any atom is 0.430 e. The van der Waals surface area contributed by atoms with Crippen LogP contribution in [0.5, 0.6) is 11.5 Å². The van der Waals surface area contributed by atoms with E-state index < -0.39 is 7.60 Å². The van der Waals surface area contributed by atoms with Crippen LogP contribution in [0.15, 0.2) is 36.4 Å². The van der Waals surface area contributed by atoms with Gasteiger partial charge in [0.05, 0.1) is 6.16 Å². The van der Waals surface area contributed by atoms with Crippen LogP contribution in [0.1, 0.15) is 35.6 Å². The Hall–Kier alpha value is -1.73. The van der Waals surface area contributed by atoms with Crippen molar-refractivity contribution in [2.45, 2.75) is 41.0 Å². The minimum atomic E-state index is -3.26. The van der Waals surface area contributed by atoms with Gasteiger partial charge in [0.2, 0.25) is 0 Å². The lowest BCUT2D eigenvalue weighted by atomic mass is 10.1. The smallest absolute Gasteiger partial charge is 0.416 e. The number of rotatable bonds is 6. The lowest BCUT2D eigenvalue weighted by Gasteiger charge is -2.22. The van der Waals surface area contributed by atoms with E-state index in [-0.39, 0.29) is 0 Å². The fraction of sp³-hybridized carbons (Fsp3) is 0.368. The normalized spacial score (nSPS) is 11.3. The number of benzene rings is 2. The molecule has 2 aromatic rings. The molecule has 0 aliphatic heterocycles. The van der Waals surface area contributed by atoms with Gasteiger partial charge < -0.3 is 9.05 Å². The van der Waals surface area contributed by atoms with Gasteiger partial charge in [-0.15, -0.1) is 0 Å². The van der Waals surface area contributed by atoms with Gasteiger partial charge in [0.15, 0.2) is 0 Å². The van der Waals surface area contributed by atoms with Crippen molar-refractivity contribution < 1.29 is 13.6 Å². The van der Waals surface area contributed by atoms with Gasteiger partial charge in [-0.3, -0.25) is 0 Å². The highest BCUT2D eigenvalue weighted by molar-refractivity contribution is 7.54. The number of hydrogen-bond acceptors (Lipinski definition) is 3. The lowest BCUT2D eigenvalue weighted by Crippen LogP contribution is -2.07. The Morgan fingerprint density at radius 2 is 1.26 bits per heavy atom. The highest BCUT2D eigenvalue weighted by Crippen LogP contribution is 2.50. The van der Waals surface area contributed by atoms with Crippen molar-refractivity contribution in [3.05, 3.63) is 58.7 Å². The molecule has 0 aromatic heterocycles. The molecule has 124 valence electrons. The van der Waals surface area contributed by atoms with Crippen LogP contribution in [0.25, 0.3) is 0 Å². The zero-order valence-corrected chi connectivity index (χ0v) is 15.4. The Bertz CT molecular complexity index is 680. The van der Waals surface area contributed by atoms with Crippen LogP contribution < -0.4 is 9.05 Å². The fourth-order valence-electron chi connectivity index (χ4n) is 2.33. The number of aryl methyl sites for hydroxylation is 2. The van der Waals surface area contributed by atoms with Crippen molar-refractivity contribution in [2.75, 3.05) is 6.16 Å². The molecule has 0 saturated heterocycles.